The summed E-state index contributed by atoms with van der Waals surface area (Å²) in [6, 6.07) is 9.84. The first-order valence-electron chi connectivity index (χ1n) is 10.4. The maximum absolute atomic E-state index is 13.3. The quantitative estimate of drug-likeness (QED) is 0.180. The van der Waals surface area contributed by atoms with Gasteiger partial charge in [0, 0.05) is 4.75 Å². The average molecular weight is 531 g/mol. The van der Waals surface area contributed by atoms with Crippen LogP contribution in [0.3, 0.4) is 0 Å². The van der Waals surface area contributed by atoms with Gasteiger partial charge in [0.2, 0.25) is 5.91 Å². The van der Waals surface area contributed by atoms with Crippen LogP contribution in [0, 0.1) is 10.8 Å². The molecule has 0 saturated heterocycles. The van der Waals surface area contributed by atoms with Crippen LogP contribution in [0.2, 0.25) is 0 Å². The molecule has 0 spiro atoms. The summed E-state index contributed by atoms with van der Waals surface area (Å²) in [5, 5.41) is 2.78. The van der Waals surface area contributed by atoms with E-state index >= 15 is 0 Å². The fraction of sp³-hybridized carbons (Fsp3) is 0.625. The number of hydrogen-bond donors (Lipinski definition) is 1. The summed E-state index contributed by atoms with van der Waals surface area (Å²) in [6.07, 6.45) is 0.636. The zero-order chi connectivity index (χ0) is 24.1. The molecule has 1 amide bonds. The van der Waals surface area contributed by atoms with Crippen LogP contribution < -0.4 is 5.32 Å². The van der Waals surface area contributed by atoms with Crippen LogP contribution in [-0.2, 0) is 14.3 Å². The third-order valence-electron chi connectivity index (χ3n) is 5.18. The number of halogens is 1. The number of esters is 1. The minimum atomic E-state index is -0.784. The number of rotatable bonds is 9. The van der Waals surface area contributed by atoms with Crippen LogP contribution in [0.4, 0.5) is 0 Å². The predicted octanol–water partition coefficient (Wildman–Crippen LogP) is 6.15. The van der Waals surface area contributed by atoms with Crippen LogP contribution >= 0.6 is 39.9 Å². The highest BCUT2D eigenvalue weighted by atomic mass is 79.9. The summed E-state index contributed by atoms with van der Waals surface area (Å²) in [5.74, 6) is -0.423. The van der Waals surface area contributed by atoms with Crippen LogP contribution in [-0.4, -0.2) is 38.3 Å². The Morgan fingerprint density at radius 1 is 1.03 bits per heavy atom. The van der Waals surface area contributed by atoms with Gasteiger partial charge in [0.25, 0.3) is 0 Å². The molecule has 1 aromatic rings. The molecule has 1 aromatic carbocycles. The lowest BCUT2D eigenvalue weighted by Crippen LogP contribution is -2.49. The van der Waals surface area contributed by atoms with E-state index in [1.807, 2.05) is 37.3 Å². The van der Waals surface area contributed by atoms with E-state index in [-0.39, 0.29) is 30.4 Å². The van der Waals surface area contributed by atoms with E-state index < -0.39 is 14.5 Å². The summed E-state index contributed by atoms with van der Waals surface area (Å²) in [7, 11) is 0. The van der Waals surface area contributed by atoms with E-state index in [0.717, 1.165) is 9.76 Å². The summed E-state index contributed by atoms with van der Waals surface area (Å²) in [4.78, 5) is 25.3. The van der Waals surface area contributed by atoms with Gasteiger partial charge in [0.05, 0.1) is 20.5 Å². The molecule has 1 unspecified atom stereocenters. The van der Waals surface area contributed by atoms with Gasteiger partial charge in [0.1, 0.15) is 6.61 Å². The van der Waals surface area contributed by atoms with Crippen LogP contribution in [0.5, 0.6) is 0 Å². The van der Waals surface area contributed by atoms with E-state index in [0.29, 0.717) is 6.42 Å². The molecule has 0 aromatic heterocycles. The second-order valence-corrected chi connectivity index (χ2v) is 14.5. The molecule has 0 saturated carbocycles. The number of carbonyl (C=O) groups excluding carboxylic acids is 2. The molecule has 7 heteroatoms. The molecule has 4 nitrogen and oxygen atoms in total. The van der Waals surface area contributed by atoms with E-state index in [1.54, 1.807) is 13.8 Å². The zero-order valence-electron chi connectivity index (χ0n) is 19.9. The molecular formula is C24H36BrNO3S2. The maximum atomic E-state index is 13.3. The molecule has 1 atom stereocenters. The van der Waals surface area contributed by atoms with Gasteiger partial charge in [-0.2, -0.15) is 0 Å². The number of alkyl halides is 1. The van der Waals surface area contributed by atoms with Crippen molar-refractivity contribution in [1.82, 2.24) is 5.32 Å². The fourth-order valence-electron chi connectivity index (χ4n) is 3.25. The first-order chi connectivity index (χ1) is 14.0. The number of thiocarbonyl (C=S) groups is 1. The third kappa shape index (κ3) is 8.50. The van der Waals surface area contributed by atoms with E-state index in [1.165, 1.54) is 11.8 Å². The summed E-state index contributed by atoms with van der Waals surface area (Å²) < 4.78 is 5.25. The lowest BCUT2D eigenvalue weighted by atomic mass is 9.68. The Kier molecular flexibility index (Phi) is 9.79. The molecule has 0 aliphatic heterocycles. The Morgan fingerprint density at radius 3 is 2.06 bits per heavy atom. The van der Waals surface area contributed by atoms with Crippen LogP contribution in [0.1, 0.15) is 67.4 Å². The SMILES string of the molecule is CC(C)(C)CC(C)(C(=O)OCCNC(=O)C(C)(C)Br)C(C)(C)SC(=S)c1ccccc1. The largest absolute Gasteiger partial charge is 0.463 e. The molecule has 0 aliphatic rings. The van der Waals surface area contributed by atoms with Crippen molar-refractivity contribution >= 4 is 56.0 Å². The minimum Gasteiger partial charge on any atom is -0.463 e. The third-order valence-corrected chi connectivity index (χ3v) is 7.41. The first kappa shape index (κ1) is 28.1. The minimum absolute atomic E-state index is 0.0891. The maximum Gasteiger partial charge on any atom is 0.313 e. The van der Waals surface area contributed by atoms with Crippen molar-refractivity contribution in [2.24, 2.45) is 10.8 Å². The van der Waals surface area contributed by atoms with Crippen LogP contribution in [0.25, 0.3) is 0 Å². The van der Waals surface area contributed by atoms with Crippen molar-refractivity contribution in [3.05, 3.63) is 35.9 Å². The summed E-state index contributed by atoms with van der Waals surface area (Å²) in [6.45, 7) is 16.3. The highest BCUT2D eigenvalue weighted by Gasteiger charge is 2.51. The van der Waals surface area contributed by atoms with Gasteiger partial charge in [0.15, 0.2) is 0 Å². The molecule has 31 heavy (non-hydrogen) atoms. The number of ether oxygens (including phenoxy) is 1. The average Bonchev–Trinajstić information content (AvgIpc) is 2.62. The second-order valence-electron chi connectivity index (χ2n) is 10.2. The Labute approximate surface area is 205 Å². The number of hydrogen-bond acceptors (Lipinski definition) is 5. The standard InChI is InChI=1S/C24H36BrNO3S2/c1-21(2,3)16-24(8,20(28)29-15-14-26-19(27)22(4,5)25)23(6,7)31-18(30)17-12-10-9-11-13-17/h9-13H,14-16H2,1-8H3,(H,26,27). The van der Waals surface area contributed by atoms with Crippen molar-refractivity contribution in [3.8, 4) is 0 Å². The Balaban J connectivity index is 2.97. The molecular weight excluding hydrogens is 494 g/mol. The van der Waals surface area contributed by atoms with Gasteiger partial charge in [-0.1, -0.05) is 79.3 Å². The predicted molar refractivity (Wildman–Crippen MR) is 139 cm³/mol. The van der Waals surface area contributed by atoms with Crippen molar-refractivity contribution in [1.29, 1.82) is 0 Å². The van der Waals surface area contributed by atoms with Gasteiger partial charge in [-0.25, -0.2) is 0 Å². The number of amides is 1. The van der Waals surface area contributed by atoms with Crippen molar-refractivity contribution in [3.63, 3.8) is 0 Å². The van der Waals surface area contributed by atoms with Crippen molar-refractivity contribution < 1.29 is 14.3 Å². The Morgan fingerprint density at radius 2 is 1.58 bits per heavy atom. The van der Waals surface area contributed by atoms with Gasteiger partial charge in [-0.05, 0) is 52.0 Å². The molecule has 174 valence electrons. The van der Waals surface area contributed by atoms with Gasteiger partial charge < -0.3 is 10.1 Å². The normalized spacial score (nSPS) is 14.5. The lowest BCUT2D eigenvalue weighted by molar-refractivity contribution is -0.158. The van der Waals surface area contributed by atoms with E-state index in [4.69, 9.17) is 17.0 Å². The van der Waals surface area contributed by atoms with Gasteiger partial charge >= 0.3 is 5.97 Å². The number of carbonyl (C=O) groups is 2. The summed E-state index contributed by atoms with van der Waals surface area (Å²) in [5.41, 5.74) is 0.101. The van der Waals surface area contributed by atoms with E-state index in [9.17, 15) is 9.59 Å². The Hall–Kier alpha value is -0.920. The molecule has 0 heterocycles. The molecule has 0 fully saturated rings. The summed E-state index contributed by atoms with van der Waals surface area (Å²) >= 11 is 10.6. The van der Waals surface area contributed by atoms with Gasteiger partial charge in [-0.15, -0.1) is 11.8 Å². The molecule has 1 N–H and O–H groups in total. The second kappa shape index (κ2) is 10.8. The smallest absolute Gasteiger partial charge is 0.313 e. The van der Waals surface area contributed by atoms with Crippen LogP contribution in [0.15, 0.2) is 30.3 Å². The molecule has 0 bridgehead atoms. The number of thioether (sulfide) groups is 1. The van der Waals surface area contributed by atoms with Crippen molar-refractivity contribution in [2.45, 2.75) is 70.9 Å². The molecule has 0 aliphatic carbocycles. The molecule has 0 radical (unpaired) electrons. The zero-order valence-corrected chi connectivity index (χ0v) is 23.1. The highest BCUT2D eigenvalue weighted by molar-refractivity contribution is 9.10. The topological polar surface area (TPSA) is 55.4 Å². The number of benzene rings is 1. The highest BCUT2D eigenvalue weighted by Crippen LogP contribution is 2.50. The van der Waals surface area contributed by atoms with E-state index in [2.05, 4.69) is 55.9 Å². The number of nitrogens with one attached hydrogen (secondary N) is 1. The monoisotopic (exact) mass is 529 g/mol. The molecule has 1 rings (SSSR count). The van der Waals surface area contributed by atoms with Crippen molar-refractivity contribution in [2.75, 3.05) is 13.2 Å². The first-order valence-corrected chi connectivity index (χ1v) is 12.4. The lowest BCUT2D eigenvalue weighted by Gasteiger charge is -2.45. The fourth-order valence-corrected chi connectivity index (χ4v) is 5.25. The van der Waals surface area contributed by atoms with Gasteiger partial charge in [-0.3, -0.25) is 9.59 Å². The Bertz CT molecular complexity index is 782.